The van der Waals surface area contributed by atoms with Gasteiger partial charge in [0.1, 0.15) is 5.69 Å². The number of rotatable bonds is 2. The Morgan fingerprint density at radius 1 is 0.818 bits per heavy atom. The fraction of sp³-hybridized carbons (Fsp3) is 0. The molecule has 0 saturated carbocycles. The van der Waals surface area contributed by atoms with Crippen LogP contribution in [0, 0.1) is 0 Å². The predicted octanol–water partition coefficient (Wildman–Crippen LogP) is 3.51. The molecule has 0 aliphatic rings. The number of hydrogen-bond donors (Lipinski definition) is 0. The third-order valence-electron chi connectivity index (χ3n) is 3.34. The summed E-state index contributed by atoms with van der Waals surface area (Å²) in [6, 6.07) is 18.5. The van der Waals surface area contributed by atoms with Crippen LogP contribution >= 0.6 is 0 Å². The van der Waals surface area contributed by atoms with E-state index in [2.05, 4.69) is 10.1 Å². The number of fused-ring (bicyclic) bond motifs is 1. The summed E-state index contributed by atoms with van der Waals surface area (Å²) in [6.07, 6.45) is 0. The summed E-state index contributed by atoms with van der Waals surface area (Å²) in [5, 5.41) is 4.22. The summed E-state index contributed by atoms with van der Waals surface area (Å²) in [7, 11) is 0. The van der Waals surface area contributed by atoms with E-state index in [0.29, 0.717) is 11.3 Å². The van der Waals surface area contributed by atoms with Crippen LogP contribution in [0.1, 0.15) is 0 Å². The molecule has 0 spiro atoms. The Bertz CT molecular complexity index is 989. The van der Waals surface area contributed by atoms with E-state index in [1.807, 2.05) is 60.7 Å². The zero-order chi connectivity index (χ0) is 14.9. The molecule has 0 aliphatic carbocycles. The summed E-state index contributed by atoms with van der Waals surface area (Å²) in [4.78, 5) is 16.6. The van der Waals surface area contributed by atoms with Crippen molar-refractivity contribution >= 4 is 11.1 Å². The minimum Gasteiger partial charge on any atom is -0.403 e. The van der Waals surface area contributed by atoms with E-state index in [-0.39, 0.29) is 17.0 Å². The SMILES string of the molecule is O=c1oc(-c2ccccc2)nc2onc(-c3ccccc3)c12. The van der Waals surface area contributed by atoms with Crippen LogP contribution in [0.2, 0.25) is 0 Å². The summed E-state index contributed by atoms with van der Waals surface area (Å²) < 4.78 is 10.6. The quantitative estimate of drug-likeness (QED) is 0.565. The maximum atomic E-state index is 12.3. The molecule has 0 unspecified atom stereocenters. The molecule has 106 valence electrons. The Balaban J connectivity index is 1.94. The first-order valence-corrected chi connectivity index (χ1v) is 6.74. The second kappa shape index (κ2) is 4.96. The third-order valence-corrected chi connectivity index (χ3v) is 3.34. The van der Waals surface area contributed by atoms with Gasteiger partial charge in [-0.1, -0.05) is 53.7 Å². The molecule has 0 bridgehead atoms. The maximum Gasteiger partial charge on any atom is 0.352 e. The van der Waals surface area contributed by atoms with E-state index < -0.39 is 5.63 Å². The van der Waals surface area contributed by atoms with Crippen LogP contribution in [0.3, 0.4) is 0 Å². The average Bonchev–Trinajstić information content (AvgIpc) is 3.01. The lowest BCUT2D eigenvalue weighted by Gasteiger charge is -1.98. The Labute approximate surface area is 124 Å². The largest absolute Gasteiger partial charge is 0.403 e. The van der Waals surface area contributed by atoms with E-state index in [9.17, 15) is 4.79 Å². The van der Waals surface area contributed by atoms with Crippen LogP contribution in [-0.4, -0.2) is 10.1 Å². The first-order valence-electron chi connectivity index (χ1n) is 6.74. The van der Waals surface area contributed by atoms with Crippen molar-refractivity contribution in [2.75, 3.05) is 0 Å². The molecule has 0 aliphatic heterocycles. The van der Waals surface area contributed by atoms with Crippen LogP contribution in [-0.2, 0) is 0 Å². The molecule has 2 heterocycles. The smallest absolute Gasteiger partial charge is 0.352 e. The molecule has 0 radical (unpaired) electrons. The normalized spacial score (nSPS) is 10.9. The first-order chi connectivity index (χ1) is 10.8. The summed E-state index contributed by atoms with van der Waals surface area (Å²) in [6.45, 7) is 0. The maximum absolute atomic E-state index is 12.3. The van der Waals surface area contributed by atoms with E-state index in [1.165, 1.54) is 0 Å². The van der Waals surface area contributed by atoms with E-state index in [4.69, 9.17) is 8.94 Å². The molecule has 0 atom stereocenters. The van der Waals surface area contributed by atoms with Crippen molar-refractivity contribution in [2.24, 2.45) is 0 Å². The molecule has 2 aromatic carbocycles. The summed E-state index contributed by atoms with van der Waals surface area (Å²) >= 11 is 0. The number of nitrogens with zero attached hydrogens (tertiary/aromatic N) is 2. The van der Waals surface area contributed by atoms with Gasteiger partial charge in [0, 0.05) is 11.1 Å². The third kappa shape index (κ3) is 2.00. The zero-order valence-electron chi connectivity index (χ0n) is 11.4. The second-order valence-electron chi connectivity index (χ2n) is 4.75. The van der Waals surface area contributed by atoms with Gasteiger partial charge in [-0.25, -0.2) is 4.79 Å². The number of hydrogen-bond acceptors (Lipinski definition) is 5. The van der Waals surface area contributed by atoms with Crippen molar-refractivity contribution in [2.45, 2.75) is 0 Å². The van der Waals surface area contributed by atoms with Crippen molar-refractivity contribution in [3.8, 4) is 22.7 Å². The zero-order valence-corrected chi connectivity index (χ0v) is 11.4. The van der Waals surface area contributed by atoms with Gasteiger partial charge < -0.3 is 8.94 Å². The summed E-state index contributed by atoms with van der Waals surface area (Å²) in [5.74, 6) is 0.217. The predicted molar refractivity (Wildman–Crippen MR) is 81.2 cm³/mol. The number of benzene rings is 2. The van der Waals surface area contributed by atoms with Crippen molar-refractivity contribution in [1.82, 2.24) is 10.1 Å². The van der Waals surface area contributed by atoms with Crippen LogP contribution in [0.25, 0.3) is 33.8 Å². The monoisotopic (exact) mass is 290 g/mol. The molecule has 0 amide bonds. The highest BCUT2D eigenvalue weighted by molar-refractivity contribution is 5.88. The lowest BCUT2D eigenvalue weighted by atomic mass is 10.1. The Morgan fingerprint density at radius 3 is 2.14 bits per heavy atom. The first kappa shape index (κ1) is 12.5. The fourth-order valence-electron chi connectivity index (χ4n) is 2.29. The van der Waals surface area contributed by atoms with Crippen LogP contribution in [0.4, 0.5) is 0 Å². The van der Waals surface area contributed by atoms with Crippen molar-refractivity contribution in [3.05, 3.63) is 71.1 Å². The molecule has 22 heavy (non-hydrogen) atoms. The van der Waals surface area contributed by atoms with E-state index in [1.54, 1.807) is 0 Å². The topological polar surface area (TPSA) is 69.1 Å². The van der Waals surface area contributed by atoms with Crippen LogP contribution in [0.5, 0.6) is 0 Å². The molecule has 0 fully saturated rings. The molecule has 5 heteroatoms. The van der Waals surface area contributed by atoms with Crippen molar-refractivity contribution in [3.63, 3.8) is 0 Å². The Kier molecular flexibility index (Phi) is 2.83. The summed E-state index contributed by atoms with van der Waals surface area (Å²) in [5.41, 5.74) is 1.59. The van der Waals surface area contributed by atoms with E-state index >= 15 is 0 Å². The molecule has 4 aromatic rings. The van der Waals surface area contributed by atoms with Gasteiger partial charge in [-0.3, -0.25) is 0 Å². The van der Waals surface area contributed by atoms with Gasteiger partial charge >= 0.3 is 5.63 Å². The van der Waals surface area contributed by atoms with Crippen molar-refractivity contribution in [1.29, 1.82) is 0 Å². The Morgan fingerprint density at radius 2 is 1.45 bits per heavy atom. The lowest BCUT2D eigenvalue weighted by Crippen LogP contribution is -2.02. The molecular formula is C17H10N2O3. The molecule has 0 N–H and O–H groups in total. The van der Waals surface area contributed by atoms with Crippen molar-refractivity contribution < 1.29 is 8.94 Å². The molecule has 0 saturated heterocycles. The molecule has 5 nitrogen and oxygen atoms in total. The molecule has 2 aromatic heterocycles. The van der Waals surface area contributed by atoms with Gasteiger partial charge in [0.25, 0.3) is 5.71 Å². The highest BCUT2D eigenvalue weighted by Crippen LogP contribution is 2.26. The van der Waals surface area contributed by atoms with Gasteiger partial charge in [0.15, 0.2) is 5.39 Å². The van der Waals surface area contributed by atoms with E-state index in [0.717, 1.165) is 5.56 Å². The lowest BCUT2D eigenvalue weighted by molar-refractivity contribution is 0.444. The Hall–Kier alpha value is -3.21. The minimum absolute atomic E-state index is 0.175. The van der Waals surface area contributed by atoms with Gasteiger partial charge in [-0.15, -0.1) is 0 Å². The fourth-order valence-corrected chi connectivity index (χ4v) is 2.29. The molecular weight excluding hydrogens is 280 g/mol. The average molecular weight is 290 g/mol. The second-order valence-corrected chi connectivity index (χ2v) is 4.75. The van der Waals surface area contributed by atoms with Gasteiger partial charge in [-0.05, 0) is 12.1 Å². The standard InChI is InChI=1S/C17H10N2O3/c20-17-13-14(11-7-3-1-4-8-11)19-22-16(13)18-15(21-17)12-9-5-2-6-10-12/h1-10H. The van der Waals surface area contributed by atoms with Gasteiger partial charge in [0.05, 0.1) is 0 Å². The van der Waals surface area contributed by atoms with Gasteiger partial charge in [0.2, 0.25) is 5.89 Å². The molecule has 4 rings (SSSR count). The van der Waals surface area contributed by atoms with Crippen LogP contribution in [0.15, 0.2) is 74.4 Å². The minimum atomic E-state index is -0.510. The highest BCUT2D eigenvalue weighted by atomic mass is 16.5. The van der Waals surface area contributed by atoms with Gasteiger partial charge in [-0.2, -0.15) is 4.98 Å². The van der Waals surface area contributed by atoms with Crippen LogP contribution < -0.4 is 5.63 Å². The highest BCUT2D eigenvalue weighted by Gasteiger charge is 2.18. The number of aromatic nitrogens is 2.